The molecule has 1 aromatic carbocycles. The number of nitro groups is 1. The van der Waals surface area contributed by atoms with Gasteiger partial charge >= 0.3 is 0 Å². The molecule has 0 saturated carbocycles. The number of piperidine rings is 1. The van der Waals surface area contributed by atoms with Crippen molar-refractivity contribution in [2.75, 3.05) is 13.1 Å². The van der Waals surface area contributed by atoms with Crippen LogP contribution in [0.5, 0.6) is 0 Å². The highest BCUT2D eigenvalue weighted by atomic mass is 16.6. The third-order valence-electron chi connectivity index (χ3n) is 4.28. The number of hydrogen-bond donors (Lipinski definition) is 2. The molecule has 0 aliphatic carbocycles. The van der Waals surface area contributed by atoms with Crippen molar-refractivity contribution in [1.82, 2.24) is 10.6 Å². The van der Waals surface area contributed by atoms with Crippen molar-refractivity contribution in [2.45, 2.75) is 32.7 Å². The van der Waals surface area contributed by atoms with E-state index in [2.05, 4.69) is 17.6 Å². The Morgan fingerprint density at radius 1 is 1.45 bits per heavy atom. The smallest absolute Gasteiger partial charge is 0.269 e. The van der Waals surface area contributed by atoms with Crippen LogP contribution < -0.4 is 10.6 Å². The first-order valence-electron chi connectivity index (χ1n) is 7.77. The average molecular weight is 305 g/mol. The van der Waals surface area contributed by atoms with Gasteiger partial charge in [-0.05, 0) is 43.3 Å². The summed E-state index contributed by atoms with van der Waals surface area (Å²) in [6.45, 7) is 4.61. The molecule has 120 valence electrons. The molecule has 2 unspecified atom stereocenters. The van der Waals surface area contributed by atoms with Crippen LogP contribution in [-0.4, -0.2) is 23.9 Å². The molecule has 1 aliphatic heterocycles. The fourth-order valence-electron chi connectivity index (χ4n) is 2.83. The van der Waals surface area contributed by atoms with E-state index in [9.17, 15) is 14.9 Å². The number of hydrogen-bond acceptors (Lipinski definition) is 4. The van der Waals surface area contributed by atoms with Gasteiger partial charge in [0, 0.05) is 25.1 Å². The van der Waals surface area contributed by atoms with E-state index in [1.165, 1.54) is 25.0 Å². The summed E-state index contributed by atoms with van der Waals surface area (Å²) < 4.78 is 0. The van der Waals surface area contributed by atoms with Gasteiger partial charge in [-0.15, -0.1) is 0 Å². The highest BCUT2D eigenvalue weighted by molar-refractivity contribution is 5.76. The number of carbonyl (C=O) groups excluding carboxylic acids is 1. The number of benzene rings is 1. The van der Waals surface area contributed by atoms with E-state index in [1.807, 2.05) is 0 Å². The van der Waals surface area contributed by atoms with Crippen molar-refractivity contribution in [3.8, 4) is 0 Å². The first kappa shape index (κ1) is 16.4. The Balaban J connectivity index is 1.75. The van der Waals surface area contributed by atoms with Gasteiger partial charge in [-0.2, -0.15) is 0 Å². The summed E-state index contributed by atoms with van der Waals surface area (Å²) >= 11 is 0. The van der Waals surface area contributed by atoms with Crippen LogP contribution in [0.1, 0.15) is 31.7 Å². The lowest BCUT2D eigenvalue weighted by Gasteiger charge is -2.28. The molecule has 1 aromatic rings. The molecule has 0 radical (unpaired) electrons. The monoisotopic (exact) mass is 305 g/mol. The lowest BCUT2D eigenvalue weighted by atomic mass is 9.85. The van der Waals surface area contributed by atoms with Gasteiger partial charge in [0.2, 0.25) is 5.91 Å². The predicted octanol–water partition coefficient (Wildman–Crippen LogP) is 2.24. The topological polar surface area (TPSA) is 84.3 Å². The van der Waals surface area contributed by atoms with E-state index >= 15 is 0 Å². The SMILES string of the molecule is CC(CC(=O)NCc1ccc([N+](=O)[O-])cc1)C1CCCNC1. The number of rotatable bonds is 6. The summed E-state index contributed by atoms with van der Waals surface area (Å²) in [6, 6.07) is 6.26. The standard InChI is InChI=1S/C16H23N3O3/c1-12(14-3-2-8-17-11-14)9-16(20)18-10-13-4-6-15(7-5-13)19(21)22/h4-7,12,14,17H,2-3,8-11H2,1H3,(H,18,20). The van der Waals surface area contributed by atoms with Gasteiger partial charge in [-0.3, -0.25) is 14.9 Å². The summed E-state index contributed by atoms with van der Waals surface area (Å²) in [7, 11) is 0. The van der Waals surface area contributed by atoms with Crippen LogP contribution in [0, 0.1) is 22.0 Å². The lowest BCUT2D eigenvalue weighted by Crippen LogP contribution is -2.35. The Bertz CT molecular complexity index is 510. The second-order valence-corrected chi connectivity index (χ2v) is 5.99. The van der Waals surface area contributed by atoms with Gasteiger partial charge in [0.25, 0.3) is 5.69 Å². The van der Waals surface area contributed by atoms with Crippen LogP contribution in [0.3, 0.4) is 0 Å². The van der Waals surface area contributed by atoms with Gasteiger partial charge < -0.3 is 10.6 Å². The predicted molar refractivity (Wildman–Crippen MR) is 84.3 cm³/mol. The van der Waals surface area contributed by atoms with Crippen molar-refractivity contribution in [3.63, 3.8) is 0 Å². The molecule has 1 saturated heterocycles. The summed E-state index contributed by atoms with van der Waals surface area (Å²) in [4.78, 5) is 22.2. The number of carbonyl (C=O) groups is 1. The van der Waals surface area contributed by atoms with Gasteiger partial charge in [0.1, 0.15) is 0 Å². The fraction of sp³-hybridized carbons (Fsp3) is 0.562. The van der Waals surface area contributed by atoms with E-state index in [-0.39, 0.29) is 11.6 Å². The molecule has 0 spiro atoms. The number of non-ortho nitro benzene ring substituents is 1. The van der Waals surface area contributed by atoms with E-state index in [1.54, 1.807) is 12.1 Å². The molecule has 1 heterocycles. The molecule has 6 heteroatoms. The van der Waals surface area contributed by atoms with Crippen molar-refractivity contribution in [3.05, 3.63) is 39.9 Å². The van der Waals surface area contributed by atoms with E-state index in [0.717, 1.165) is 18.7 Å². The normalized spacial score (nSPS) is 19.4. The largest absolute Gasteiger partial charge is 0.352 e. The number of nitrogens with zero attached hydrogens (tertiary/aromatic N) is 1. The molecule has 2 N–H and O–H groups in total. The first-order valence-corrected chi connectivity index (χ1v) is 7.77. The summed E-state index contributed by atoms with van der Waals surface area (Å²) in [5, 5.41) is 16.8. The van der Waals surface area contributed by atoms with Crippen molar-refractivity contribution < 1.29 is 9.72 Å². The number of amides is 1. The summed E-state index contributed by atoms with van der Waals surface area (Å²) in [5.41, 5.74) is 0.930. The van der Waals surface area contributed by atoms with E-state index in [4.69, 9.17) is 0 Å². The van der Waals surface area contributed by atoms with Crippen LogP contribution in [0.25, 0.3) is 0 Å². The van der Waals surface area contributed by atoms with Crippen molar-refractivity contribution in [2.24, 2.45) is 11.8 Å². The molecule has 2 atom stereocenters. The third kappa shape index (κ3) is 4.80. The Kier molecular flexibility index (Phi) is 5.89. The minimum atomic E-state index is -0.428. The number of nitro benzene ring substituents is 1. The average Bonchev–Trinajstić information content (AvgIpc) is 2.54. The van der Waals surface area contributed by atoms with Crippen LogP contribution in [0.2, 0.25) is 0 Å². The fourth-order valence-corrected chi connectivity index (χ4v) is 2.83. The zero-order valence-electron chi connectivity index (χ0n) is 12.9. The van der Waals surface area contributed by atoms with Crippen molar-refractivity contribution >= 4 is 11.6 Å². The maximum absolute atomic E-state index is 12.0. The molecule has 1 aliphatic rings. The number of nitrogens with one attached hydrogen (secondary N) is 2. The van der Waals surface area contributed by atoms with Gasteiger partial charge in [0.15, 0.2) is 0 Å². The van der Waals surface area contributed by atoms with Gasteiger partial charge in [0.05, 0.1) is 4.92 Å². The Labute approximate surface area is 130 Å². The quantitative estimate of drug-likeness (QED) is 0.623. The van der Waals surface area contributed by atoms with E-state index < -0.39 is 4.92 Å². The van der Waals surface area contributed by atoms with Gasteiger partial charge in [-0.25, -0.2) is 0 Å². The zero-order chi connectivity index (χ0) is 15.9. The zero-order valence-corrected chi connectivity index (χ0v) is 12.9. The highest BCUT2D eigenvalue weighted by Crippen LogP contribution is 2.22. The van der Waals surface area contributed by atoms with Crippen LogP contribution in [0.15, 0.2) is 24.3 Å². The molecule has 1 fully saturated rings. The molecular formula is C16H23N3O3. The summed E-state index contributed by atoms with van der Waals surface area (Å²) in [5.74, 6) is 0.972. The Morgan fingerprint density at radius 2 is 2.18 bits per heavy atom. The molecule has 1 amide bonds. The van der Waals surface area contributed by atoms with Crippen LogP contribution in [0.4, 0.5) is 5.69 Å². The lowest BCUT2D eigenvalue weighted by molar-refractivity contribution is -0.384. The molecule has 0 aromatic heterocycles. The summed E-state index contributed by atoms with van der Waals surface area (Å²) in [6.07, 6.45) is 2.89. The van der Waals surface area contributed by atoms with Crippen LogP contribution in [-0.2, 0) is 11.3 Å². The van der Waals surface area contributed by atoms with Crippen molar-refractivity contribution in [1.29, 1.82) is 0 Å². The maximum Gasteiger partial charge on any atom is 0.269 e. The second-order valence-electron chi connectivity index (χ2n) is 5.99. The van der Waals surface area contributed by atoms with E-state index in [0.29, 0.717) is 24.8 Å². The molecule has 0 bridgehead atoms. The van der Waals surface area contributed by atoms with Crippen LogP contribution >= 0.6 is 0 Å². The molecule has 22 heavy (non-hydrogen) atoms. The minimum absolute atomic E-state index is 0.0384. The molecular weight excluding hydrogens is 282 g/mol. The van der Waals surface area contributed by atoms with Gasteiger partial charge in [-0.1, -0.05) is 19.1 Å². The maximum atomic E-state index is 12.0. The molecule has 6 nitrogen and oxygen atoms in total. The Hall–Kier alpha value is -1.95. The Morgan fingerprint density at radius 3 is 2.77 bits per heavy atom. The molecule has 2 rings (SSSR count). The third-order valence-corrected chi connectivity index (χ3v) is 4.28. The second kappa shape index (κ2) is 7.89. The highest BCUT2D eigenvalue weighted by Gasteiger charge is 2.21. The first-order chi connectivity index (χ1) is 10.6. The minimum Gasteiger partial charge on any atom is -0.352 e.